The molecule has 1 rings (SSSR count). The fourth-order valence-corrected chi connectivity index (χ4v) is 1.73. The van der Waals surface area contributed by atoms with Crippen LogP contribution in [0, 0.1) is 0 Å². The zero-order valence-corrected chi connectivity index (χ0v) is 7.98. The summed E-state index contributed by atoms with van der Waals surface area (Å²) in [4.78, 5) is 0. The fraction of sp³-hybridized carbons (Fsp3) is 0.800. The second kappa shape index (κ2) is 2.98. The molecule has 1 aliphatic heterocycles. The lowest BCUT2D eigenvalue weighted by Crippen LogP contribution is -2.18. The number of rotatable bonds is 1. The lowest BCUT2D eigenvalue weighted by atomic mass is 10.00. The van der Waals surface area contributed by atoms with Gasteiger partial charge in [0, 0.05) is 0 Å². The van der Waals surface area contributed by atoms with E-state index in [1.165, 1.54) is 5.57 Å². The molecule has 1 atom stereocenters. The van der Waals surface area contributed by atoms with E-state index in [-0.39, 0.29) is 5.60 Å². The zero-order valence-electron chi connectivity index (χ0n) is 7.98. The average molecular weight is 154 g/mol. The van der Waals surface area contributed by atoms with Crippen LogP contribution in [0.25, 0.3) is 0 Å². The Morgan fingerprint density at radius 3 is 2.64 bits per heavy atom. The summed E-state index contributed by atoms with van der Waals surface area (Å²) in [6, 6.07) is 0. The third kappa shape index (κ3) is 2.06. The van der Waals surface area contributed by atoms with Gasteiger partial charge in [0.15, 0.2) is 0 Å². The topological polar surface area (TPSA) is 9.23 Å². The van der Waals surface area contributed by atoms with Gasteiger partial charge in [-0.2, -0.15) is 0 Å². The minimum absolute atomic E-state index is 0.0699. The number of hydrogen-bond acceptors (Lipinski definition) is 1. The highest BCUT2D eigenvalue weighted by Crippen LogP contribution is 2.33. The third-order valence-corrected chi connectivity index (χ3v) is 2.11. The van der Waals surface area contributed by atoms with Crippen LogP contribution in [-0.2, 0) is 4.74 Å². The quantitative estimate of drug-likeness (QED) is 0.528. The first-order valence-electron chi connectivity index (χ1n) is 4.42. The number of allylic oxidation sites excluding steroid dienone is 1. The van der Waals surface area contributed by atoms with Gasteiger partial charge in [0.2, 0.25) is 0 Å². The Morgan fingerprint density at radius 1 is 1.64 bits per heavy atom. The highest BCUT2D eigenvalue weighted by Gasteiger charge is 2.32. The molecule has 0 spiro atoms. The molecule has 0 aliphatic carbocycles. The molecule has 64 valence electrons. The molecule has 11 heavy (non-hydrogen) atoms. The summed E-state index contributed by atoms with van der Waals surface area (Å²) in [6.07, 6.45) is 4.85. The van der Waals surface area contributed by atoms with E-state index < -0.39 is 0 Å². The molecule has 1 nitrogen and oxygen atoms in total. The van der Waals surface area contributed by atoms with Crippen molar-refractivity contribution in [3.05, 3.63) is 11.6 Å². The first-order valence-corrected chi connectivity index (χ1v) is 4.42. The van der Waals surface area contributed by atoms with Crippen molar-refractivity contribution in [1.82, 2.24) is 0 Å². The average Bonchev–Trinajstić information content (AvgIpc) is 2.07. The first-order chi connectivity index (χ1) is 5.05. The van der Waals surface area contributed by atoms with Crippen molar-refractivity contribution in [1.29, 1.82) is 0 Å². The van der Waals surface area contributed by atoms with Crippen molar-refractivity contribution in [2.24, 2.45) is 0 Å². The monoisotopic (exact) mass is 154 g/mol. The summed E-state index contributed by atoms with van der Waals surface area (Å²) in [5.74, 6) is 0. The van der Waals surface area contributed by atoms with Gasteiger partial charge in [-0.05, 0) is 39.2 Å². The van der Waals surface area contributed by atoms with Gasteiger partial charge in [-0.15, -0.1) is 0 Å². The van der Waals surface area contributed by atoms with Crippen LogP contribution >= 0.6 is 0 Å². The highest BCUT2D eigenvalue weighted by atomic mass is 16.5. The zero-order chi connectivity index (χ0) is 8.48. The van der Waals surface area contributed by atoms with E-state index in [1.807, 2.05) is 0 Å². The van der Waals surface area contributed by atoms with Crippen molar-refractivity contribution < 1.29 is 4.74 Å². The molecule has 0 radical (unpaired) electrons. The normalized spacial score (nSPS) is 33.1. The van der Waals surface area contributed by atoms with Gasteiger partial charge in [-0.1, -0.05) is 13.0 Å². The lowest BCUT2D eigenvalue weighted by Gasteiger charge is -2.16. The van der Waals surface area contributed by atoms with Crippen LogP contribution in [-0.4, -0.2) is 11.7 Å². The minimum Gasteiger partial charge on any atom is -0.368 e. The third-order valence-electron chi connectivity index (χ3n) is 2.11. The van der Waals surface area contributed by atoms with Gasteiger partial charge in [-0.3, -0.25) is 0 Å². The fourth-order valence-electron chi connectivity index (χ4n) is 1.73. The Morgan fingerprint density at radius 2 is 2.27 bits per heavy atom. The molecule has 1 aliphatic rings. The van der Waals surface area contributed by atoms with Crippen LogP contribution in [0.1, 0.15) is 40.5 Å². The summed E-state index contributed by atoms with van der Waals surface area (Å²) in [6.45, 7) is 8.61. The molecule has 0 amide bonds. The molecule has 0 saturated carbocycles. The van der Waals surface area contributed by atoms with Gasteiger partial charge >= 0.3 is 0 Å². The van der Waals surface area contributed by atoms with Crippen LogP contribution in [0.2, 0.25) is 0 Å². The highest BCUT2D eigenvalue weighted by molar-refractivity contribution is 5.15. The van der Waals surface area contributed by atoms with Crippen LogP contribution in [0.3, 0.4) is 0 Å². The smallest absolute Gasteiger partial charge is 0.0765 e. The standard InChI is InChI=1S/C10H18O/c1-5-6-9-7-10(3,4)11-8(9)2/h6,8H,5,7H2,1-4H3. The SMILES string of the molecule is CCC=C1CC(C)(C)OC1C. The van der Waals surface area contributed by atoms with Crippen LogP contribution in [0.4, 0.5) is 0 Å². The van der Waals surface area contributed by atoms with Crippen LogP contribution < -0.4 is 0 Å². The largest absolute Gasteiger partial charge is 0.368 e. The Hall–Kier alpha value is -0.300. The van der Waals surface area contributed by atoms with E-state index in [0.29, 0.717) is 6.10 Å². The molecule has 1 fully saturated rings. The Bertz CT molecular complexity index is 168. The predicted molar refractivity (Wildman–Crippen MR) is 47.6 cm³/mol. The van der Waals surface area contributed by atoms with Crippen LogP contribution in [0.5, 0.6) is 0 Å². The van der Waals surface area contributed by atoms with Crippen LogP contribution in [0.15, 0.2) is 11.6 Å². The molecular formula is C10H18O. The van der Waals surface area contributed by atoms with Gasteiger partial charge in [0.25, 0.3) is 0 Å². The van der Waals surface area contributed by atoms with E-state index in [9.17, 15) is 0 Å². The molecule has 0 aromatic carbocycles. The van der Waals surface area contributed by atoms with Gasteiger partial charge in [0.05, 0.1) is 11.7 Å². The molecule has 0 aromatic rings. The molecule has 1 unspecified atom stereocenters. The summed E-state index contributed by atoms with van der Waals surface area (Å²) in [5, 5.41) is 0. The maximum absolute atomic E-state index is 5.75. The van der Waals surface area contributed by atoms with Gasteiger partial charge < -0.3 is 4.74 Å². The minimum atomic E-state index is 0.0699. The summed E-state index contributed by atoms with van der Waals surface area (Å²) >= 11 is 0. The maximum atomic E-state index is 5.75. The molecule has 0 bridgehead atoms. The second-order valence-corrected chi connectivity index (χ2v) is 3.88. The van der Waals surface area contributed by atoms with Crippen molar-refractivity contribution in [2.45, 2.75) is 52.2 Å². The Labute approximate surface area is 69.4 Å². The van der Waals surface area contributed by atoms with E-state index >= 15 is 0 Å². The van der Waals surface area contributed by atoms with Crippen molar-refractivity contribution >= 4 is 0 Å². The van der Waals surface area contributed by atoms with Crippen molar-refractivity contribution in [3.63, 3.8) is 0 Å². The van der Waals surface area contributed by atoms with Gasteiger partial charge in [-0.25, -0.2) is 0 Å². The molecule has 0 aromatic heterocycles. The second-order valence-electron chi connectivity index (χ2n) is 3.88. The summed E-state index contributed by atoms with van der Waals surface area (Å²) < 4.78 is 5.75. The predicted octanol–water partition coefficient (Wildman–Crippen LogP) is 2.91. The van der Waals surface area contributed by atoms with Crippen molar-refractivity contribution in [3.8, 4) is 0 Å². The summed E-state index contributed by atoms with van der Waals surface area (Å²) in [5.41, 5.74) is 1.54. The van der Waals surface area contributed by atoms with E-state index in [1.54, 1.807) is 0 Å². The molecule has 1 saturated heterocycles. The number of ether oxygens (including phenoxy) is 1. The summed E-state index contributed by atoms with van der Waals surface area (Å²) in [7, 11) is 0. The number of hydrogen-bond donors (Lipinski definition) is 0. The first kappa shape index (κ1) is 8.79. The van der Waals surface area contributed by atoms with Gasteiger partial charge in [0.1, 0.15) is 0 Å². The molecule has 1 heterocycles. The maximum Gasteiger partial charge on any atom is 0.0765 e. The van der Waals surface area contributed by atoms with Crippen molar-refractivity contribution in [2.75, 3.05) is 0 Å². The Balaban J connectivity index is 2.66. The Kier molecular flexibility index (Phi) is 2.38. The molecule has 1 heteroatoms. The molecule has 0 N–H and O–H groups in total. The molecular weight excluding hydrogens is 136 g/mol. The van der Waals surface area contributed by atoms with E-state index in [2.05, 4.69) is 33.8 Å². The van der Waals surface area contributed by atoms with E-state index in [0.717, 1.165) is 12.8 Å². The van der Waals surface area contributed by atoms with E-state index in [4.69, 9.17) is 4.74 Å². The lowest BCUT2D eigenvalue weighted by molar-refractivity contribution is -0.00324.